The van der Waals surface area contributed by atoms with Crippen molar-refractivity contribution in [1.29, 1.82) is 0 Å². The van der Waals surface area contributed by atoms with Crippen LogP contribution in [-0.2, 0) is 28.6 Å². The molecule has 0 aliphatic carbocycles. The minimum Gasteiger partial charge on any atom is -0.544 e. The fourth-order valence-electron chi connectivity index (χ4n) is 8.51. The molecular weight excluding hydrogens is 859 g/mol. The van der Waals surface area contributed by atoms with Crippen molar-refractivity contribution in [2.24, 2.45) is 0 Å². The molecule has 0 saturated heterocycles. The van der Waals surface area contributed by atoms with Crippen molar-refractivity contribution in [3.8, 4) is 0 Å². The van der Waals surface area contributed by atoms with E-state index in [4.69, 9.17) is 14.2 Å². The molecule has 0 N–H and O–H groups in total. The summed E-state index contributed by atoms with van der Waals surface area (Å²) >= 11 is 0. The summed E-state index contributed by atoms with van der Waals surface area (Å²) in [6, 6.07) is -0.729. The van der Waals surface area contributed by atoms with E-state index in [0.717, 1.165) is 77.0 Å². The van der Waals surface area contributed by atoms with E-state index in [1.54, 1.807) is 0 Å². The first kappa shape index (κ1) is 66.0. The smallest absolute Gasteiger partial charge is 0.306 e. The normalized spacial score (nSPS) is 13.2. The number of allylic oxidation sites excluding steroid dienone is 10. The number of nitrogens with zero attached hydrogens (tertiary/aromatic N) is 1. The Morgan fingerprint density at radius 1 is 0.449 bits per heavy atom. The van der Waals surface area contributed by atoms with Gasteiger partial charge in [-0.25, -0.2) is 0 Å². The molecule has 0 aromatic rings. The largest absolute Gasteiger partial charge is 0.544 e. The molecule has 0 amide bonds. The Balaban J connectivity index is 4.18. The predicted molar refractivity (Wildman–Crippen MR) is 291 cm³/mol. The lowest BCUT2D eigenvalue weighted by Gasteiger charge is -2.34. The van der Waals surface area contributed by atoms with E-state index >= 15 is 0 Å². The van der Waals surface area contributed by atoms with E-state index in [0.29, 0.717) is 12.8 Å². The first-order chi connectivity index (χ1) is 33.6. The topological polar surface area (TPSA) is 102 Å². The third-order valence-corrected chi connectivity index (χ3v) is 12.9. The number of unbranched alkanes of at least 4 members (excludes halogenated alkanes) is 28. The molecule has 0 aromatic heterocycles. The number of rotatable bonds is 52. The number of carbonyl (C=O) groups excluding carboxylic acids is 3. The van der Waals surface area contributed by atoms with Crippen LogP contribution in [0.2, 0.25) is 0 Å². The third kappa shape index (κ3) is 49.8. The summed E-state index contributed by atoms with van der Waals surface area (Å²) < 4.78 is 17.3. The number of carbonyl (C=O) groups is 3. The number of ether oxygens (including phenoxy) is 3. The van der Waals surface area contributed by atoms with E-state index in [1.165, 1.54) is 148 Å². The zero-order valence-electron chi connectivity index (χ0n) is 45.7. The first-order valence-corrected chi connectivity index (χ1v) is 28.8. The zero-order valence-corrected chi connectivity index (χ0v) is 45.7. The predicted octanol–water partition coefficient (Wildman–Crippen LogP) is 15.9. The van der Waals surface area contributed by atoms with Crippen LogP contribution in [0.25, 0.3) is 0 Å². The molecule has 0 bridgehead atoms. The fraction of sp³-hybridized carbons (Fsp3) is 0.787. The second-order valence-electron chi connectivity index (χ2n) is 20.5. The van der Waals surface area contributed by atoms with Gasteiger partial charge >= 0.3 is 11.9 Å². The molecule has 0 aliphatic heterocycles. The Morgan fingerprint density at radius 3 is 1.20 bits per heavy atom. The molecule has 0 spiro atoms. The Labute approximate surface area is 426 Å². The number of esters is 2. The van der Waals surface area contributed by atoms with Crippen molar-refractivity contribution in [3.63, 3.8) is 0 Å². The molecule has 400 valence electrons. The van der Waals surface area contributed by atoms with Gasteiger partial charge in [0.15, 0.2) is 6.10 Å². The van der Waals surface area contributed by atoms with Crippen LogP contribution in [0, 0.1) is 0 Å². The highest BCUT2D eigenvalue weighted by molar-refractivity contribution is 5.70. The van der Waals surface area contributed by atoms with E-state index in [1.807, 2.05) is 21.1 Å². The Bertz CT molecular complexity index is 1310. The van der Waals surface area contributed by atoms with Gasteiger partial charge in [0.1, 0.15) is 12.6 Å². The number of aliphatic carboxylic acids is 1. The number of likely N-dealkylation sites (N-methyl/N-ethyl adjacent to an activating group) is 1. The Kier molecular flexibility index (Phi) is 49.2. The highest BCUT2D eigenvalue weighted by Crippen LogP contribution is 2.17. The van der Waals surface area contributed by atoms with Crippen molar-refractivity contribution in [2.45, 2.75) is 270 Å². The van der Waals surface area contributed by atoms with Gasteiger partial charge in [-0.1, -0.05) is 242 Å². The van der Waals surface area contributed by atoms with Crippen molar-refractivity contribution in [3.05, 3.63) is 60.8 Å². The molecule has 0 radical (unpaired) electrons. The van der Waals surface area contributed by atoms with E-state index in [2.05, 4.69) is 74.6 Å². The summed E-state index contributed by atoms with van der Waals surface area (Å²) in [5.74, 6) is -1.74. The molecule has 0 rings (SSSR count). The maximum absolute atomic E-state index is 12.8. The SMILES string of the molecule is CC/C=C/C/C=C/C/C=C/C/C=C/C/C=C/CCCCCCCCCC(=O)OCC(COCCC(C(=O)[O-])[N+](C)(C)C)OC(=O)CCCCCCCCCCCCCCCCCCCCCCCC. The van der Waals surface area contributed by atoms with Crippen LogP contribution in [0.5, 0.6) is 0 Å². The maximum Gasteiger partial charge on any atom is 0.306 e. The quantitative estimate of drug-likeness (QED) is 0.0259. The lowest BCUT2D eigenvalue weighted by molar-refractivity contribution is -0.889. The number of hydrogen-bond donors (Lipinski definition) is 0. The standard InChI is InChI=1S/C61H109NO7/c1-6-8-10-12-14-16-18-20-22-24-26-28-30-32-33-35-37-39-41-43-45-47-49-51-59(63)68-56-57(55-67-54-53-58(61(65)66)62(3,4)5)69-60(64)52-50-48-46-44-42-40-38-36-34-31-29-27-25-23-21-19-17-15-13-11-9-7-2/h8,10,14,16,20,22,26,28,32-33,57-58H,6-7,9,11-13,15,17-19,21,23-25,27,29-31,34-56H2,1-5H3/b10-8+,16-14+,22-20+,28-26+,33-32+. The summed E-state index contributed by atoms with van der Waals surface area (Å²) in [4.78, 5) is 37.2. The van der Waals surface area contributed by atoms with Crippen LogP contribution in [0.1, 0.15) is 258 Å². The van der Waals surface area contributed by atoms with E-state index in [-0.39, 0.29) is 42.7 Å². The number of hydrogen-bond acceptors (Lipinski definition) is 7. The summed E-state index contributed by atoms with van der Waals surface area (Å²) in [5, 5.41) is 11.7. The highest BCUT2D eigenvalue weighted by atomic mass is 16.6. The van der Waals surface area contributed by atoms with Gasteiger partial charge in [0.2, 0.25) is 0 Å². The summed E-state index contributed by atoms with van der Waals surface area (Å²) in [6.45, 7) is 4.58. The van der Waals surface area contributed by atoms with Gasteiger partial charge in [-0.2, -0.15) is 0 Å². The van der Waals surface area contributed by atoms with Crippen molar-refractivity contribution in [2.75, 3.05) is 41.0 Å². The number of carboxylic acids is 1. The van der Waals surface area contributed by atoms with Crippen LogP contribution >= 0.6 is 0 Å². The van der Waals surface area contributed by atoms with Gasteiger partial charge in [0, 0.05) is 19.3 Å². The van der Waals surface area contributed by atoms with Crippen molar-refractivity contribution >= 4 is 17.9 Å². The van der Waals surface area contributed by atoms with E-state index in [9.17, 15) is 19.5 Å². The third-order valence-electron chi connectivity index (χ3n) is 12.9. The van der Waals surface area contributed by atoms with Gasteiger partial charge < -0.3 is 28.6 Å². The van der Waals surface area contributed by atoms with Gasteiger partial charge in [0.05, 0.1) is 40.3 Å². The molecule has 0 aromatic carbocycles. The molecule has 8 nitrogen and oxygen atoms in total. The molecule has 2 atom stereocenters. The monoisotopic (exact) mass is 968 g/mol. The average Bonchev–Trinajstić information content (AvgIpc) is 3.31. The second-order valence-corrected chi connectivity index (χ2v) is 20.5. The first-order valence-electron chi connectivity index (χ1n) is 28.8. The maximum atomic E-state index is 12.8. The van der Waals surface area contributed by atoms with Crippen LogP contribution in [0.15, 0.2) is 60.8 Å². The van der Waals surface area contributed by atoms with Crippen molar-refractivity contribution < 1.29 is 38.2 Å². The lowest BCUT2D eigenvalue weighted by Crippen LogP contribution is -2.55. The zero-order chi connectivity index (χ0) is 50.6. The van der Waals surface area contributed by atoms with E-state index < -0.39 is 18.1 Å². The summed E-state index contributed by atoms with van der Waals surface area (Å²) in [7, 11) is 5.42. The molecule has 2 unspecified atom stereocenters. The minimum atomic E-state index is -1.12. The highest BCUT2D eigenvalue weighted by Gasteiger charge is 2.25. The molecule has 0 heterocycles. The van der Waals surface area contributed by atoms with Crippen LogP contribution < -0.4 is 5.11 Å². The molecule has 69 heavy (non-hydrogen) atoms. The van der Waals surface area contributed by atoms with Gasteiger partial charge in [-0.15, -0.1) is 0 Å². The Morgan fingerprint density at radius 2 is 0.812 bits per heavy atom. The van der Waals surface area contributed by atoms with Crippen LogP contribution in [0.4, 0.5) is 0 Å². The minimum absolute atomic E-state index is 0.0381. The summed E-state index contributed by atoms with van der Waals surface area (Å²) in [5.41, 5.74) is 0. The molecule has 8 heteroatoms. The molecule has 0 aliphatic rings. The fourth-order valence-corrected chi connectivity index (χ4v) is 8.51. The van der Waals surface area contributed by atoms with Crippen molar-refractivity contribution in [1.82, 2.24) is 0 Å². The molecule has 0 saturated carbocycles. The number of quaternary nitrogens is 1. The van der Waals surface area contributed by atoms with Crippen LogP contribution in [0.3, 0.4) is 0 Å². The van der Waals surface area contributed by atoms with Gasteiger partial charge in [0.25, 0.3) is 0 Å². The average molecular weight is 969 g/mol. The van der Waals surface area contributed by atoms with Gasteiger partial charge in [-0.05, 0) is 57.8 Å². The van der Waals surface area contributed by atoms with Gasteiger partial charge in [-0.3, -0.25) is 9.59 Å². The lowest BCUT2D eigenvalue weighted by atomic mass is 10.0. The summed E-state index contributed by atoms with van der Waals surface area (Å²) in [6.07, 6.45) is 65.5. The second kappa shape index (κ2) is 51.4. The van der Waals surface area contributed by atoms with Crippen LogP contribution in [-0.4, -0.2) is 75.5 Å². The Hall–Kier alpha value is -2.97. The number of carboxylic acid groups (broad SMARTS) is 1. The molecular formula is C61H109NO7. The molecule has 0 fully saturated rings.